The van der Waals surface area contributed by atoms with E-state index in [4.69, 9.17) is 4.74 Å². The lowest BCUT2D eigenvalue weighted by atomic mass is 10.1. The molecule has 0 atom stereocenters. The molecule has 0 bridgehead atoms. The van der Waals surface area contributed by atoms with Crippen LogP contribution < -0.4 is 10.1 Å². The molecule has 3 rings (SSSR count). The van der Waals surface area contributed by atoms with E-state index >= 15 is 0 Å². The summed E-state index contributed by atoms with van der Waals surface area (Å²) in [5.74, 6) is 0.805. The van der Waals surface area contributed by atoms with Crippen molar-refractivity contribution >= 4 is 12.4 Å². The normalized spacial score (nSPS) is 17.4. The number of ether oxygens (including phenoxy) is 1. The van der Waals surface area contributed by atoms with Crippen LogP contribution in [-0.2, 0) is 12.8 Å². The van der Waals surface area contributed by atoms with Crippen LogP contribution in [0, 0.1) is 5.82 Å². The van der Waals surface area contributed by atoms with E-state index in [1.54, 1.807) is 6.07 Å². The van der Waals surface area contributed by atoms with Gasteiger partial charge in [0.1, 0.15) is 18.2 Å². The first-order valence-corrected chi connectivity index (χ1v) is 6.66. The van der Waals surface area contributed by atoms with Crippen LogP contribution in [0.15, 0.2) is 23.8 Å². The summed E-state index contributed by atoms with van der Waals surface area (Å²) in [6, 6.07) is 3.32. The number of nitrogens with one attached hydrogen (secondary N) is 1. The first-order chi connectivity index (χ1) is 8.84. The predicted octanol–water partition coefficient (Wildman–Crippen LogP) is 3.03. The smallest absolute Gasteiger partial charge is 0.126 e. The summed E-state index contributed by atoms with van der Waals surface area (Å²) in [5.41, 5.74) is 3.29. The Morgan fingerprint density at radius 3 is 2.79 bits per heavy atom. The number of hydrogen-bond donors (Lipinski definition) is 1. The van der Waals surface area contributed by atoms with Crippen LogP contribution in [-0.4, -0.2) is 19.7 Å². The molecule has 19 heavy (non-hydrogen) atoms. The van der Waals surface area contributed by atoms with Gasteiger partial charge in [0.05, 0.1) is 0 Å². The van der Waals surface area contributed by atoms with Crippen molar-refractivity contribution in [3.63, 3.8) is 0 Å². The Balaban J connectivity index is 0.00000133. The zero-order valence-corrected chi connectivity index (χ0v) is 11.7. The minimum atomic E-state index is -0.0732. The van der Waals surface area contributed by atoms with Gasteiger partial charge < -0.3 is 10.1 Å². The Morgan fingerprint density at radius 1 is 1.16 bits per heavy atom. The van der Waals surface area contributed by atoms with Gasteiger partial charge in [0.2, 0.25) is 0 Å². The minimum Gasteiger partial charge on any atom is -0.489 e. The molecular weight excluding hydrogens is 265 g/mol. The molecule has 0 radical (unpaired) electrons. The molecule has 1 aliphatic heterocycles. The van der Waals surface area contributed by atoms with Crippen LogP contribution in [0.4, 0.5) is 4.39 Å². The van der Waals surface area contributed by atoms with E-state index < -0.39 is 0 Å². The van der Waals surface area contributed by atoms with Gasteiger partial charge in [-0.05, 0) is 55.5 Å². The fourth-order valence-electron chi connectivity index (χ4n) is 2.74. The second-order valence-electron chi connectivity index (χ2n) is 4.96. The standard InChI is InChI=1S/C15H18FNO.ClH/c16-14-4-5-15(13-3-1-2-12(13)14)18-10-11-6-8-17-9-7-11;/h4-6,17H,1-3,7-10H2;1H. The molecule has 0 aromatic heterocycles. The van der Waals surface area contributed by atoms with Gasteiger partial charge in [-0.2, -0.15) is 0 Å². The summed E-state index contributed by atoms with van der Waals surface area (Å²) in [5, 5.41) is 3.28. The maximum atomic E-state index is 13.6. The van der Waals surface area contributed by atoms with Gasteiger partial charge in [-0.25, -0.2) is 4.39 Å². The molecule has 2 aliphatic rings. The Kier molecular flexibility index (Phi) is 4.83. The Bertz CT molecular complexity index is 487. The summed E-state index contributed by atoms with van der Waals surface area (Å²) in [6.45, 7) is 2.59. The van der Waals surface area contributed by atoms with Crippen molar-refractivity contribution < 1.29 is 9.13 Å². The van der Waals surface area contributed by atoms with Gasteiger partial charge in [-0.3, -0.25) is 0 Å². The molecule has 1 aromatic carbocycles. The van der Waals surface area contributed by atoms with E-state index in [2.05, 4.69) is 11.4 Å². The average molecular weight is 284 g/mol. The fourth-order valence-corrected chi connectivity index (χ4v) is 2.74. The zero-order valence-electron chi connectivity index (χ0n) is 10.9. The Morgan fingerprint density at radius 2 is 2.00 bits per heavy atom. The van der Waals surface area contributed by atoms with Crippen LogP contribution in [0.1, 0.15) is 24.0 Å². The summed E-state index contributed by atoms with van der Waals surface area (Å²) < 4.78 is 19.5. The third-order valence-corrected chi connectivity index (χ3v) is 3.76. The number of hydrogen-bond acceptors (Lipinski definition) is 2. The van der Waals surface area contributed by atoms with Crippen molar-refractivity contribution in [1.82, 2.24) is 5.32 Å². The summed E-state index contributed by atoms with van der Waals surface area (Å²) in [4.78, 5) is 0. The van der Waals surface area contributed by atoms with Crippen molar-refractivity contribution in [2.75, 3.05) is 19.7 Å². The number of rotatable bonds is 3. The van der Waals surface area contributed by atoms with Crippen molar-refractivity contribution in [1.29, 1.82) is 0 Å². The van der Waals surface area contributed by atoms with Crippen LogP contribution in [0.2, 0.25) is 0 Å². The van der Waals surface area contributed by atoms with E-state index in [9.17, 15) is 4.39 Å². The van der Waals surface area contributed by atoms with E-state index in [0.29, 0.717) is 6.61 Å². The van der Waals surface area contributed by atoms with E-state index in [-0.39, 0.29) is 18.2 Å². The van der Waals surface area contributed by atoms with Gasteiger partial charge in [0.25, 0.3) is 0 Å². The molecule has 0 fully saturated rings. The molecule has 4 heteroatoms. The average Bonchev–Trinajstić information content (AvgIpc) is 2.90. The lowest BCUT2D eigenvalue weighted by molar-refractivity contribution is 0.340. The monoisotopic (exact) mass is 283 g/mol. The maximum absolute atomic E-state index is 13.6. The molecule has 104 valence electrons. The third-order valence-electron chi connectivity index (χ3n) is 3.76. The number of fused-ring (bicyclic) bond motifs is 1. The molecule has 1 N–H and O–H groups in total. The van der Waals surface area contributed by atoms with E-state index in [0.717, 1.165) is 55.6 Å². The Hall–Kier alpha value is -1.06. The van der Waals surface area contributed by atoms with Crippen molar-refractivity contribution in [2.45, 2.75) is 25.7 Å². The molecular formula is C15H19ClFNO. The van der Waals surface area contributed by atoms with Gasteiger partial charge in [0, 0.05) is 12.1 Å². The Labute approximate surface area is 119 Å². The van der Waals surface area contributed by atoms with Crippen LogP contribution in [0.25, 0.3) is 0 Å². The van der Waals surface area contributed by atoms with Crippen LogP contribution in [0.3, 0.4) is 0 Å². The second-order valence-corrected chi connectivity index (χ2v) is 4.96. The molecule has 0 unspecified atom stereocenters. The molecule has 0 saturated carbocycles. The van der Waals surface area contributed by atoms with Crippen molar-refractivity contribution in [2.24, 2.45) is 0 Å². The molecule has 0 spiro atoms. The summed E-state index contributed by atoms with van der Waals surface area (Å²) >= 11 is 0. The molecule has 0 saturated heterocycles. The van der Waals surface area contributed by atoms with Crippen LogP contribution in [0.5, 0.6) is 5.75 Å². The third kappa shape index (κ3) is 3.10. The lowest BCUT2D eigenvalue weighted by Crippen LogP contribution is -2.22. The second kappa shape index (κ2) is 6.40. The minimum absolute atomic E-state index is 0. The first-order valence-electron chi connectivity index (χ1n) is 6.66. The highest BCUT2D eigenvalue weighted by Crippen LogP contribution is 2.32. The molecule has 1 aliphatic carbocycles. The molecule has 1 heterocycles. The highest BCUT2D eigenvalue weighted by Gasteiger charge is 2.19. The number of benzene rings is 1. The van der Waals surface area contributed by atoms with Crippen molar-refractivity contribution in [3.05, 3.63) is 40.7 Å². The van der Waals surface area contributed by atoms with Crippen LogP contribution >= 0.6 is 12.4 Å². The topological polar surface area (TPSA) is 21.3 Å². The van der Waals surface area contributed by atoms with Crippen molar-refractivity contribution in [3.8, 4) is 5.75 Å². The predicted molar refractivity (Wildman–Crippen MR) is 76.7 cm³/mol. The van der Waals surface area contributed by atoms with Gasteiger partial charge in [-0.1, -0.05) is 6.08 Å². The summed E-state index contributed by atoms with van der Waals surface area (Å²) in [6.07, 6.45) is 6.07. The highest BCUT2D eigenvalue weighted by atomic mass is 35.5. The lowest BCUT2D eigenvalue weighted by Gasteiger charge is -2.16. The number of halogens is 2. The van der Waals surface area contributed by atoms with Gasteiger partial charge >= 0.3 is 0 Å². The van der Waals surface area contributed by atoms with E-state index in [1.807, 2.05) is 0 Å². The highest BCUT2D eigenvalue weighted by molar-refractivity contribution is 5.85. The molecule has 2 nitrogen and oxygen atoms in total. The SMILES string of the molecule is Cl.Fc1ccc(OCC2=CCNCC2)c2c1CCC2. The molecule has 1 aromatic rings. The van der Waals surface area contributed by atoms with Gasteiger partial charge in [-0.15, -0.1) is 12.4 Å². The summed E-state index contributed by atoms with van der Waals surface area (Å²) in [7, 11) is 0. The zero-order chi connectivity index (χ0) is 12.4. The maximum Gasteiger partial charge on any atom is 0.126 e. The quantitative estimate of drug-likeness (QED) is 0.861. The van der Waals surface area contributed by atoms with Gasteiger partial charge in [0.15, 0.2) is 0 Å². The first kappa shape index (κ1) is 14.4. The fraction of sp³-hybridized carbons (Fsp3) is 0.467. The molecule has 0 amide bonds. The largest absolute Gasteiger partial charge is 0.489 e. The van der Waals surface area contributed by atoms with E-state index in [1.165, 1.54) is 11.6 Å².